The summed E-state index contributed by atoms with van der Waals surface area (Å²) in [7, 11) is 3.64. The topological polar surface area (TPSA) is 25.2 Å². The van der Waals surface area contributed by atoms with Gasteiger partial charge in [-0.1, -0.05) is 6.07 Å². The number of aromatic nitrogens is 1. The van der Waals surface area contributed by atoms with Crippen molar-refractivity contribution in [2.75, 3.05) is 19.1 Å². The first kappa shape index (κ1) is 6.86. The van der Waals surface area contributed by atoms with Crippen molar-refractivity contribution >= 4 is 0 Å². The average molecular weight is 138 g/mol. The van der Waals surface area contributed by atoms with Crippen molar-refractivity contribution in [1.82, 2.24) is 4.68 Å². The van der Waals surface area contributed by atoms with E-state index in [1.807, 2.05) is 20.2 Å². The number of nitrogens with zero attached hydrogens (tertiary/aromatic N) is 2. The highest BCUT2D eigenvalue weighted by molar-refractivity contribution is 4.95. The molecule has 0 aromatic carbocycles. The minimum absolute atomic E-state index is 0.00694. The highest BCUT2D eigenvalue weighted by Gasteiger charge is 1.91. The van der Waals surface area contributed by atoms with Crippen LogP contribution in [0.25, 0.3) is 0 Å². The van der Waals surface area contributed by atoms with Gasteiger partial charge >= 0.3 is 0 Å². The predicted molar refractivity (Wildman–Crippen MR) is 40.8 cm³/mol. The highest BCUT2D eigenvalue weighted by Crippen LogP contribution is 1.78. The molecule has 0 aliphatic carbocycles. The summed E-state index contributed by atoms with van der Waals surface area (Å²) >= 11 is 0. The fraction of sp³-hybridized carbons (Fsp3) is 0.286. The third-order valence-electron chi connectivity index (χ3n) is 1.23. The molecule has 0 N–H and O–H groups in total. The highest BCUT2D eigenvalue weighted by atomic mass is 16.1. The lowest BCUT2D eigenvalue weighted by Gasteiger charge is -2.13. The predicted octanol–water partition coefficient (Wildman–Crippen LogP) is 0.0459. The molecule has 1 aromatic rings. The first-order chi connectivity index (χ1) is 4.72. The second kappa shape index (κ2) is 2.56. The van der Waals surface area contributed by atoms with Gasteiger partial charge in [-0.2, -0.15) is 0 Å². The Kier molecular flexibility index (Phi) is 1.76. The Bertz CT molecular complexity index is 264. The van der Waals surface area contributed by atoms with Gasteiger partial charge in [0.1, 0.15) is 0 Å². The maximum absolute atomic E-state index is 11.0. The largest absolute Gasteiger partial charge is 0.316 e. The molecule has 1 rings (SSSR count). The Balaban J connectivity index is 3.16. The fourth-order valence-corrected chi connectivity index (χ4v) is 0.749. The summed E-state index contributed by atoms with van der Waals surface area (Å²) in [5.74, 6) is 0. The summed E-state index contributed by atoms with van der Waals surface area (Å²) in [5, 5.41) is 1.72. The van der Waals surface area contributed by atoms with E-state index >= 15 is 0 Å². The van der Waals surface area contributed by atoms with Crippen molar-refractivity contribution < 1.29 is 0 Å². The zero-order valence-corrected chi connectivity index (χ0v) is 6.11. The monoisotopic (exact) mass is 138 g/mol. The molecule has 0 aliphatic rings. The van der Waals surface area contributed by atoms with Crippen LogP contribution >= 0.6 is 0 Å². The van der Waals surface area contributed by atoms with E-state index in [9.17, 15) is 4.79 Å². The summed E-state index contributed by atoms with van der Waals surface area (Å²) in [5.41, 5.74) is -0.00694. The van der Waals surface area contributed by atoms with Gasteiger partial charge in [0.05, 0.1) is 0 Å². The molecule has 0 aliphatic heterocycles. The quantitative estimate of drug-likeness (QED) is 0.547. The Hall–Kier alpha value is -1.25. The van der Waals surface area contributed by atoms with Gasteiger partial charge in [-0.05, 0) is 6.07 Å². The van der Waals surface area contributed by atoms with Gasteiger partial charge < -0.3 is 5.01 Å². The van der Waals surface area contributed by atoms with Gasteiger partial charge in [-0.3, -0.25) is 4.79 Å². The molecule has 3 nitrogen and oxygen atoms in total. The van der Waals surface area contributed by atoms with Gasteiger partial charge in [-0.25, -0.2) is 4.68 Å². The smallest absolute Gasteiger partial charge is 0.268 e. The van der Waals surface area contributed by atoms with E-state index in [4.69, 9.17) is 0 Å². The number of rotatable bonds is 1. The molecule has 0 bridgehead atoms. The number of pyridine rings is 1. The van der Waals surface area contributed by atoms with Crippen LogP contribution in [0.5, 0.6) is 0 Å². The second-order valence-electron chi connectivity index (χ2n) is 2.23. The lowest BCUT2D eigenvalue weighted by atomic mass is 10.5. The molecule has 54 valence electrons. The lowest BCUT2D eigenvalue weighted by molar-refractivity contribution is 0.700. The van der Waals surface area contributed by atoms with Crippen LogP contribution in [0.2, 0.25) is 0 Å². The molecular formula is C7H10N2O. The molecule has 0 spiro atoms. The average Bonchev–Trinajstić information content (AvgIpc) is 1.88. The third kappa shape index (κ3) is 1.18. The van der Waals surface area contributed by atoms with E-state index in [1.165, 1.54) is 10.7 Å². The Morgan fingerprint density at radius 3 is 2.50 bits per heavy atom. The van der Waals surface area contributed by atoms with E-state index in [-0.39, 0.29) is 5.56 Å². The Labute approximate surface area is 59.5 Å². The van der Waals surface area contributed by atoms with Crippen LogP contribution in [-0.4, -0.2) is 18.8 Å². The minimum Gasteiger partial charge on any atom is -0.316 e. The van der Waals surface area contributed by atoms with E-state index in [1.54, 1.807) is 17.3 Å². The van der Waals surface area contributed by atoms with Crippen molar-refractivity contribution in [3.63, 3.8) is 0 Å². The van der Waals surface area contributed by atoms with Crippen molar-refractivity contribution in [2.24, 2.45) is 0 Å². The molecule has 1 heterocycles. The number of hydrogen-bond acceptors (Lipinski definition) is 2. The minimum atomic E-state index is -0.00694. The standard InChI is InChI=1S/C7H10N2O/c1-8(2)9-6-4-3-5-7(9)10/h3-6H,1-2H3. The lowest BCUT2D eigenvalue weighted by Crippen LogP contribution is -2.34. The molecule has 0 saturated carbocycles. The van der Waals surface area contributed by atoms with Crippen LogP contribution in [-0.2, 0) is 0 Å². The normalized spacial score (nSPS) is 9.40. The Morgan fingerprint density at radius 2 is 2.10 bits per heavy atom. The SMILES string of the molecule is CN(C)n1ccccc1=O. The second-order valence-corrected chi connectivity index (χ2v) is 2.23. The van der Waals surface area contributed by atoms with Crippen LogP contribution in [0.3, 0.4) is 0 Å². The van der Waals surface area contributed by atoms with Crippen molar-refractivity contribution in [3.05, 3.63) is 34.7 Å². The van der Waals surface area contributed by atoms with E-state index in [2.05, 4.69) is 0 Å². The molecule has 3 heteroatoms. The summed E-state index contributed by atoms with van der Waals surface area (Å²) < 4.78 is 1.53. The molecule has 0 saturated heterocycles. The van der Waals surface area contributed by atoms with Crippen molar-refractivity contribution in [3.8, 4) is 0 Å². The third-order valence-corrected chi connectivity index (χ3v) is 1.23. The first-order valence-corrected chi connectivity index (χ1v) is 3.07. The molecule has 10 heavy (non-hydrogen) atoms. The summed E-state index contributed by atoms with van der Waals surface area (Å²) in [4.78, 5) is 11.0. The van der Waals surface area contributed by atoms with Crippen LogP contribution in [0.4, 0.5) is 0 Å². The molecular weight excluding hydrogens is 128 g/mol. The molecule has 1 aromatic heterocycles. The van der Waals surface area contributed by atoms with Gasteiger partial charge in [0.15, 0.2) is 0 Å². The molecule has 0 atom stereocenters. The first-order valence-electron chi connectivity index (χ1n) is 3.07. The van der Waals surface area contributed by atoms with Crippen molar-refractivity contribution in [1.29, 1.82) is 0 Å². The fourth-order valence-electron chi connectivity index (χ4n) is 0.749. The molecule has 0 amide bonds. The van der Waals surface area contributed by atoms with Gasteiger partial charge in [0.25, 0.3) is 5.56 Å². The zero-order chi connectivity index (χ0) is 7.56. The van der Waals surface area contributed by atoms with E-state index in [0.717, 1.165) is 0 Å². The Morgan fingerprint density at radius 1 is 1.40 bits per heavy atom. The molecule has 0 fully saturated rings. The maximum atomic E-state index is 11.0. The molecule has 0 unspecified atom stereocenters. The number of hydrogen-bond donors (Lipinski definition) is 0. The molecule has 0 radical (unpaired) electrons. The van der Waals surface area contributed by atoms with Gasteiger partial charge in [-0.15, -0.1) is 0 Å². The van der Waals surface area contributed by atoms with Gasteiger partial charge in [0.2, 0.25) is 0 Å². The van der Waals surface area contributed by atoms with Crippen LogP contribution in [0.1, 0.15) is 0 Å². The van der Waals surface area contributed by atoms with Crippen LogP contribution < -0.4 is 10.6 Å². The van der Waals surface area contributed by atoms with Crippen LogP contribution in [0.15, 0.2) is 29.2 Å². The summed E-state index contributed by atoms with van der Waals surface area (Å²) in [6.07, 6.45) is 1.72. The zero-order valence-electron chi connectivity index (χ0n) is 6.11. The van der Waals surface area contributed by atoms with E-state index in [0.29, 0.717) is 0 Å². The van der Waals surface area contributed by atoms with Crippen LogP contribution in [0, 0.1) is 0 Å². The summed E-state index contributed by atoms with van der Waals surface area (Å²) in [6, 6.07) is 5.07. The van der Waals surface area contributed by atoms with Crippen molar-refractivity contribution in [2.45, 2.75) is 0 Å². The van der Waals surface area contributed by atoms with Gasteiger partial charge in [0, 0.05) is 26.4 Å². The summed E-state index contributed by atoms with van der Waals surface area (Å²) in [6.45, 7) is 0. The maximum Gasteiger partial charge on any atom is 0.268 e. The van der Waals surface area contributed by atoms with E-state index < -0.39 is 0 Å².